The van der Waals surface area contributed by atoms with Crippen LogP contribution in [0.5, 0.6) is 0 Å². The van der Waals surface area contributed by atoms with Crippen molar-refractivity contribution >= 4 is 39.8 Å². The number of anilines is 1. The van der Waals surface area contributed by atoms with E-state index in [1.807, 2.05) is 72.1 Å². The zero-order valence-corrected chi connectivity index (χ0v) is 20.7. The van der Waals surface area contributed by atoms with Crippen LogP contribution in [0.2, 0.25) is 0 Å². The number of halogens is 1. The number of hydrazone groups is 1. The third-order valence-corrected chi connectivity index (χ3v) is 5.65. The Morgan fingerprint density at radius 2 is 2.03 bits per heavy atom. The lowest BCUT2D eigenvalue weighted by Crippen LogP contribution is -2.18. The second-order valence-electron chi connectivity index (χ2n) is 7.05. The van der Waals surface area contributed by atoms with Gasteiger partial charge >= 0.3 is 0 Å². The van der Waals surface area contributed by atoms with Gasteiger partial charge in [-0.1, -0.05) is 45.9 Å². The number of nitrogens with zero attached hydrogens (tertiary/aromatic N) is 3. The van der Waals surface area contributed by atoms with Crippen LogP contribution in [-0.2, 0) is 0 Å². The number of hydrogen-bond acceptors (Lipinski definition) is 5. The molecule has 0 aromatic heterocycles. The molecule has 1 aromatic rings. The molecule has 4 nitrogen and oxygen atoms in total. The number of nitrogen functional groups attached to an aromatic ring is 1. The van der Waals surface area contributed by atoms with Crippen molar-refractivity contribution in [2.45, 2.75) is 45.9 Å². The minimum Gasteiger partial charge on any atom is -0.399 e. The summed E-state index contributed by atoms with van der Waals surface area (Å²) in [5, 5.41) is 4.51. The van der Waals surface area contributed by atoms with Crippen LogP contribution in [-0.4, -0.2) is 22.6 Å². The van der Waals surface area contributed by atoms with Crippen molar-refractivity contribution in [1.29, 1.82) is 0 Å². The van der Waals surface area contributed by atoms with E-state index in [9.17, 15) is 0 Å². The molecule has 0 fully saturated rings. The minimum atomic E-state index is 0.751. The summed E-state index contributed by atoms with van der Waals surface area (Å²) in [7, 11) is 1.91. The Labute approximate surface area is 189 Å². The summed E-state index contributed by atoms with van der Waals surface area (Å²) >= 11 is 5.02. The maximum Gasteiger partial charge on any atom is 0.0717 e. The van der Waals surface area contributed by atoms with Gasteiger partial charge in [0.05, 0.1) is 11.9 Å². The van der Waals surface area contributed by atoms with E-state index in [0.29, 0.717) is 0 Å². The molecule has 0 radical (unpaired) electrons. The van der Waals surface area contributed by atoms with Crippen LogP contribution >= 0.6 is 27.9 Å². The van der Waals surface area contributed by atoms with E-state index in [1.54, 1.807) is 0 Å². The van der Waals surface area contributed by atoms with Crippen molar-refractivity contribution in [2.75, 3.05) is 12.8 Å². The first-order chi connectivity index (χ1) is 13.7. The van der Waals surface area contributed by atoms with Gasteiger partial charge in [0.2, 0.25) is 0 Å². The summed E-state index contributed by atoms with van der Waals surface area (Å²) in [6.45, 7) is 14.7. The Hall–Kier alpha value is -1.92. The van der Waals surface area contributed by atoms with Gasteiger partial charge in [0.25, 0.3) is 0 Å². The molecule has 0 saturated carbocycles. The number of allylic oxidation sites excluding steroid dienone is 5. The predicted octanol–water partition coefficient (Wildman–Crippen LogP) is 7.08. The van der Waals surface area contributed by atoms with Crippen LogP contribution < -0.4 is 5.73 Å². The largest absolute Gasteiger partial charge is 0.399 e. The molecule has 29 heavy (non-hydrogen) atoms. The van der Waals surface area contributed by atoms with Crippen LogP contribution in [0.4, 0.5) is 5.69 Å². The predicted molar refractivity (Wildman–Crippen MR) is 134 cm³/mol. The van der Waals surface area contributed by atoms with Crippen LogP contribution in [0.3, 0.4) is 0 Å². The Morgan fingerprint density at radius 3 is 2.62 bits per heavy atom. The quantitative estimate of drug-likeness (QED) is 0.206. The van der Waals surface area contributed by atoms with Gasteiger partial charge in [-0.2, -0.15) is 5.10 Å². The van der Waals surface area contributed by atoms with Crippen molar-refractivity contribution in [1.82, 2.24) is 9.31 Å². The Kier molecular flexibility index (Phi) is 10.9. The Balaban J connectivity index is 0.000000749. The molecule has 1 heterocycles. The van der Waals surface area contributed by atoms with E-state index in [-0.39, 0.29) is 0 Å². The van der Waals surface area contributed by atoms with Crippen LogP contribution in [0.1, 0.15) is 39.7 Å². The Morgan fingerprint density at radius 1 is 1.38 bits per heavy atom. The summed E-state index contributed by atoms with van der Waals surface area (Å²) < 4.78 is 2.80. The summed E-state index contributed by atoms with van der Waals surface area (Å²) in [5.74, 6) is 0.884. The van der Waals surface area contributed by atoms with Crippen molar-refractivity contribution in [3.8, 4) is 0 Å². The normalized spacial score (nSPS) is 14.2. The summed E-state index contributed by atoms with van der Waals surface area (Å²) in [6.07, 6.45) is 11.0. The maximum absolute atomic E-state index is 5.86. The van der Waals surface area contributed by atoms with Gasteiger partial charge in [-0.15, -0.1) is 0 Å². The van der Waals surface area contributed by atoms with Crippen LogP contribution in [0.25, 0.3) is 0 Å². The van der Waals surface area contributed by atoms with Gasteiger partial charge in [-0.05, 0) is 65.5 Å². The molecule has 6 heteroatoms. The third-order valence-electron chi connectivity index (χ3n) is 4.18. The van der Waals surface area contributed by atoms with E-state index >= 15 is 0 Å². The minimum absolute atomic E-state index is 0.751. The average molecular weight is 478 g/mol. The number of benzene rings is 1. The topological polar surface area (TPSA) is 44.9 Å². The van der Waals surface area contributed by atoms with E-state index in [4.69, 9.17) is 5.73 Å². The lowest BCUT2D eigenvalue weighted by Gasteiger charge is -2.24. The van der Waals surface area contributed by atoms with Gasteiger partial charge in [-0.25, -0.2) is 4.41 Å². The second kappa shape index (κ2) is 12.6. The molecule has 0 spiro atoms. The van der Waals surface area contributed by atoms with Gasteiger partial charge in [0.1, 0.15) is 0 Å². The number of nitrogens with two attached hydrogens (primary N) is 1. The fourth-order valence-corrected chi connectivity index (χ4v) is 3.16. The molecule has 1 aliphatic rings. The highest BCUT2D eigenvalue weighted by atomic mass is 79.9. The first kappa shape index (κ1) is 25.1. The van der Waals surface area contributed by atoms with Crippen molar-refractivity contribution < 1.29 is 0 Å². The number of hydrogen-bond donors (Lipinski definition) is 1. The Bertz CT molecular complexity index is 809. The molecule has 2 N–H and O–H groups in total. The first-order valence-corrected chi connectivity index (χ1v) is 11.3. The molecule has 2 rings (SSSR count). The van der Waals surface area contributed by atoms with Gasteiger partial charge in [-0.3, -0.25) is 0 Å². The summed E-state index contributed by atoms with van der Waals surface area (Å²) in [5.41, 5.74) is 9.61. The molecular weight excluding hydrogens is 444 g/mol. The van der Waals surface area contributed by atoms with E-state index in [0.717, 1.165) is 32.4 Å². The summed E-state index contributed by atoms with van der Waals surface area (Å²) in [6, 6.07) is 5.87. The van der Waals surface area contributed by atoms with Gasteiger partial charge in [0, 0.05) is 46.0 Å². The lowest BCUT2D eigenvalue weighted by molar-refractivity contribution is 0.597. The van der Waals surface area contributed by atoms with Crippen LogP contribution in [0.15, 0.2) is 75.1 Å². The highest BCUT2D eigenvalue weighted by molar-refractivity contribution is 9.11. The van der Waals surface area contributed by atoms with E-state index in [1.165, 1.54) is 23.9 Å². The molecule has 1 aromatic carbocycles. The molecule has 158 valence electrons. The summed E-state index contributed by atoms with van der Waals surface area (Å²) in [4.78, 5) is 3.07. The smallest absolute Gasteiger partial charge is 0.0717 e. The second-order valence-corrected chi connectivity index (χ2v) is 9.12. The highest BCUT2D eigenvalue weighted by Crippen LogP contribution is 2.27. The fraction of sp³-hybridized carbons (Fsp3) is 0.348. The zero-order chi connectivity index (χ0) is 22.0. The molecule has 0 unspecified atom stereocenters. The van der Waals surface area contributed by atoms with Gasteiger partial charge in [0.15, 0.2) is 0 Å². The fourth-order valence-electron chi connectivity index (χ4n) is 2.04. The monoisotopic (exact) mass is 476 g/mol. The third kappa shape index (κ3) is 8.96. The molecule has 0 bridgehead atoms. The van der Waals surface area contributed by atoms with Crippen LogP contribution in [0, 0.1) is 12.8 Å². The number of rotatable bonds is 6. The average Bonchev–Trinajstić information content (AvgIpc) is 2.68. The molecule has 0 aliphatic carbocycles. The van der Waals surface area contributed by atoms with Gasteiger partial charge < -0.3 is 10.6 Å². The standard InChI is InChI=1S/C18H21BrN4S.C5H12/c1-5-17(23-12-15(19)8-7-14(23)3)11-21-22(4)24-18-10-16(20)9-6-13(18)2;1-4-5(2)3/h5-12H,3,20H2,1-2,4H3;5H,4H2,1-3H3/b17-5-,21-11+;. The first-order valence-electron chi connectivity index (χ1n) is 9.69. The molecular formula is C23H33BrN4S. The van der Waals surface area contributed by atoms with Crippen molar-refractivity contribution in [3.05, 3.63) is 70.6 Å². The zero-order valence-electron chi connectivity index (χ0n) is 18.3. The van der Waals surface area contributed by atoms with E-state index in [2.05, 4.69) is 55.3 Å². The van der Waals surface area contributed by atoms with Crippen molar-refractivity contribution in [2.24, 2.45) is 11.0 Å². The highest BCUT2D eigenvalue weighted by Gasteiger charge is 2.11. The molecule has 0 saturated heterocycles. The SMILES string of the molecule is C=C1C=CC(Br)=CN1C(=C\C)/C=N/N(C)Sc1cc(N)ccc1C.CCC(C)C. The number of aryl methyl sites for hydroxylation is 1. The molecule has 0 atom stereocenters. The van der Waals surface area contributed by atoms with Crippen molar-refractivity contribution in [3.63, 3.8) is 0 Å². The van der Waals surface area contributed by atoms with E-state index < -0.39 is 0 Å². The maximum atomic E-state index is 5.86. The molecule has 0 amide bonds. The lowest BCUT2D eigenvalue weighted by atomic mass is 10.2. The molecule has 1 aliphatic heterocycles.